The average Bonchev–Trinajstić information content (AvgIpc) is 3.23. The average molecular weight is 433 g/mol. The molecule has 1 amide bonds. The number of rotatable bonds is 7. The zero-order valence-electron chi connectivity index (χ0n) is 16.0. The topological polar surface area (TPSA) is 66.5 Å². The van der Waals surface area contributed by atoms with Crippen molar-refractivity contribution in [3.63, 3.8) is 0 Å². The number of nitrogens with zero attached hydrogens (tertiary/aromatic N) is 1. The predicted molar refractivity (Wildman–Crippen MR) is 113 cm³/mol. The summed E-state index contributed by atoms with van der Waals surface area (Å²) in [5.74, 6) is -1.24. The van der Waals surface area contributed by atoms with E-state index >= 15 is 0 Å². The number of sulfonamides is 1. The maximum absolute atomic E-state index is 14.4. The molecule has 0 aliphatic rings. The molecule has 0 bridgehead atoms. The van der Waals surface area contributed by atoms with Crippen molar-refractivity contribution >= 4 is 33.0 Å². The molecule has 0 fully saturated rings. The first-order valence-electron chi connectivity index (χ1n) is 8.96. The number of carbonyl (C=O) groups is 1. The number of aryl methyl sites for hydroxylation is 1. The van der Waals surface area contributed by atoms with E-state index in [1.54, 1.807) is 11.4 Å². The minimum Gasteiger partial charge on any atom is -0.348 e. The molecule has 0 aliphatic carbocycles. The van der Waals surface area contributed by atoms with Gasteiger partial charge in [-0.25, -0.2) is 12.8 Å². The van der Waals surface area contributed by atoms with E-state index in [4.69, 9.17) is 0 Å². The summed E-state index contributed by atoms with van der Waals surface area (Å²) >= 11 is 1.01. The Morgan fingerprint density at radius 1 is 1.10 bits per heavy atom. The molecule has 8 heteroatoms. The van der Waals surface area contributed by atoms with E-state index in [-0.39, 0.29) is 15.9 Å². The summed E-state index contributed by atoms with van der Waals surface area (Å²) in [4.78, 5) is 12.7. The van der Waals surface area contributed by atoms with Gasteiger partial charge in [0.25, 0.3) is 10.0 Å². The normalized spacial score (nSPS) is 12.4. The Kier molecular flexibility index (Phi) is 6.34. The van der Waals surface area contributed by atoms with Crippen LogP contribution in [0.25, 0.3) is 0 Å². The van der Waals surface area contributed by atoms with Gasteiger partial charge < -0.3 is 5.32 Å². The van der Waals surface area contributed by atoms with Gasteiger partial charge in [0.1, 0.15) is 16.6 Å². The van der Waals surface area contributed by atoms with Gasteiger partial charge in [-0.2, -0.15) is 0 Å². The molecule has 0 radical (unpaired) electrons. The van der Waals surface area contributed by atoms with Crippen LogP contribution in [0.2, 0.25) is 0 Å². The van der Waals surface area contributed by atoms with E-state index in [1.807, 2.05) is 38.1 Å². The Morgan fingerprint density at radius 3 is 2.41 bits per heavy atom. The Hall–Kier alpha value is -2.71. The van der Waals surface area contributed by atoms with Crippen LogP contribution in [-0.2, 0) is 14.8 Å². The van der Waals surface area contributed by atoms with Gasteiger partial charge in [-0.1, -0.05) is 48.0 Å². The van der Waals surface area contributed by atoms with E-state index in [0.29, 0.717) is 0 Å². The fourth-order valence-electron chi connectivity index (χ4n) is 2.83. The zero-order chi connectivity index (χ0) is 21.0. The maximum atomic E-state index is 14.4. The summed E-state index contributed by atoms with van der Waals surface area (Å²) in [7, 11) is -4.08. The number of halogens is 1. The highest BCUT2D eigenvalue weighted by molar-refractivity contribution is 7.94. The van der Waals surface area contributed by atoms with Gasteiger partial charge in [0.15, 0.2) is 0 Å². The second-order valence-corrected chi connectivity index (χ2v) is 9.63. The lowest BCUT2D eigenvalue weighted by molar-refractivity contribution is -0.120. The van der Waals surface area contributed by atoms with Crippen LogP contribution in [0.15, 0.2) is 70.3 Å². The van der Waals surface area contributed by atoms with E-state index in [0.717, 1.165) is 26.8 Å². The fraction of sp³-hybridized carbons (Fsp3) is 0.190. The van der Waals surface area contributed by atoms with Crippen molar-refractivity contribution in [1.82, 2.24) is 5.32 Å². The molecule has 0 saturated carbocycles. The van der Waals surface area contributed by atoms with Crippen LogP contribution in [0.1, 0.15) is 24.1 Å². The number of thiophene rings is 1. The van der Waals surface area contributed by atoms with Crippen LogP contribution < -0.4 is 9.62 Å². The third-order valence-corrected chi connectivity index (χ3v) is 7.54. The highest BCUT2D eigenvalue weighted by Gasteiger charge is 2.30. The highest BCUT2D eigenvalue weighted by Crippen LogP contribution is 2.28. The van der Waals surface area contributed by atoms with Crippen molar-refractivity contribution < 1.29 is 17.6 Å². The van der Waals surface area contributed by atoms with E-state index in [1.165, 1.54) is 30.3 Å². The molecule has 1 aromatic heterocycles. The van der Waals surface area contributed by atoms with Crippen LogP contribution in [-0.4, -0.2) is 20.9 Å². The van der Waals surface area contributed by atoms with Gasteiger partial charge in [-0.05, 0) is 43.0 Å². The fourth-order valence-corrected chi connectivity index (χ4v) is 5.36. The number of anilines is 1. The summed E-state index contributed by atoms with van der Waals surface area (Å²) in [5, 5.41) is 4.41. The molecule has 1 N–H and O–H groups in total. The van der Waals surface area contributed by atoms with Crippen molar-refractivity contribution in [1.29, 1.82) is 0 Å². The second-order valence-electron chi connectivity index (χ2n) is 6.60. The standard InChI is InChI=1S/C21H21FN2O3S2/c1-15-9-11-17(12-10-15)16(2)23-20(25)14-24(19-7-4-3-6-18(19)22)29(26,27)21-8-5-13-28-21/h3-13,16H,14H2,1-2H3,(H,23,25)/t16-/m1/s1. The molecule has 0 saturated heterocycles. The molecule has 3 rings (SSSR count). The van der Waals surface area contributed by atoms with Gasteiger partial charge in [0.05, 0.1) is 11.7 Å². The van der Waals surface area contributed by atoms with Crippen molar-refractivity contribution in [3.8, 4) is 0 Å². The maximum Gasteiger partial charge on any atom is 0.274 e. The summed E-state index contributed by atoms with van der Waals surface area (Å²) in [5.41, 5.74) is 1.82. The largest absolute Gasteiger partial charge is 0.348 e. The second kappa shape index (κ2) is 8.75. The third kappa shape index (κ3) is 4.83. The zero-order valence-corrected chi connectivity index (χ0v) is 17.6. The lowest BCUT2D eigenvalue weighted by Crippen LogP contribution is -2.41. The predicted octanol–water partition coefficient (Wildman–Crippen LogP) is 4.27. The minimum atomic E-state index is -4.08. The molecule has 3 aromatic rings. The molecule has 0 aliphatic heterocycles. The van der Waals surface area contributed by atoms with Crippen LogP contribution in [0.4, 0.5) is 10.1 Å². The SMILES string of the molecule is Cc1ccc([C@@H](C)NC(=O)CN(c2ccccc2F)S(=O)(=O)c2cccs2)cc1. The molecule has 152 valence electrons. The first-order valence-corrected chi connectivity index (χ1v) is 11.3. The van der Waals surface area contributed by atoms with Crippen molar-refractivity contribution in [3.05, 3.63) is 83.0 Å². The first-order chi connectivity index (χ1) is 13.8. The lowest BCUT2D eigenvalue weighted by atomic mass is 10.1. The summed E-state index contributed by atoms with van der Waals surface area (Å²) in [6.45, 7) is 3.25. The van der Waals surface area contributed by atoms with Crippen LogP contribution >= 0.6 is 11.3 Å². The van der Waals surface area contributed by atoms with Crippen LogP contribution in [0.3, 0.4) is 0 Å². The monoisotopic (exact) mass is 432 g/mol. The molecular weight excluding hydrogens is 411 g/mol. The number of hydrogen-bond acceptors (Lipinski definition) is 4. The number of nitrogens with one attached hydrogen (secondary N) is 1. The molecule has 0 unspecified atom stereocenters. The third-order valence-electron chi connectivity index (χ3n) is 4.40. The van der Waals surface area contributed by atoms with Gasteiger partial charge in [0.2, 0.25) is 5.91 Å². The van der Waals surface area contributed by atoms with Gasteiger partial charge >= 0.3 is 0 Å². The number of benzene rings is 2. The quantitative estimate of drug-likeness (QED) is 0.606. The Morgan fingerprint density at radius 2 is 1.79 bits per heavy atom. The van der Waals surface area contributed by atoms with Crippen molar-refractivity contribution in [2.45, 2.75) is 24.1 Å². The smallest absolute Gasteiger partial charge is 0.274 e. The van der Waals surface area contributed by atoms with Gasteiger partial charge in [-0.15, -0.1) is 11.3 Å². The van der Waals surface area contributed by atoms with E-state index in [9.17, 15) is 17.6 Å². The Balaban J connectivity index is 1.86. The minimum absolute atomic E-state index is 0.0418. The van der Waals surface area contributed by atoms with Gasteiger partial charge in [-0.3, -0.25) is 9.10 Å². The number of para-hydroxylation sites is 1. The Bertz CT molecular complexity index is 1080. The van der Waals surface area contributed by atoms with Crippen LogP contribution in [0.5, 0.6) is 0 Å². The molecule has 29 heavy (non-hydrogen) atoms. The Labute approximate surface area is 173 Å². The molecule has 5 nitrogen and oxygen atoms in total. The molecule has 2 aromatic carbocycles. The van der Waals surface area contributed by atoms with E-state index < -0.39 is 28.3 Å². The van der Waals surface area contributed by atoms with Crippen molar-refractivity contribution in [2.24, 2.45) is 0 Å². The highest BCUT2D eigenvalue weighted by atomic mass is 32.2. The summed E-state index contributed by atoms with van der Waals surface area (Å²) in [6, 6.07) is 15.9. The lowest BCUT2D eigenvalue weighted by Gasteiger charge is -2.24. The number of carbonyl (C=O) groups excluding carboxylic acids is 1. The van der Waals surface area contributed by atoms with Gasteiger partial charge in [0, 0.05) is 0 Å². The van der Waals surface area contributed by atoms with Crippen LogP contribution in [0, 0.1) is 12.7 Å². The van der Waals surface area contributed by atoms with Crippen molar-refractivity contribution in [2.75, 3.05) is 10.8 Å². The molecule has 0 spiro atoms. The molecule has 1 heterocycles. The van der Waals surface area contributed by atoms with E-state index in [2.05, 4.69) is 5.32 Å². The molecule has 1 atom stereocenters. The summed E-state index contributed by atoms with van der Waals surface area (Å²) < 4.78 is 41.4. The number of amides is 1. The summed E-state index contributed by atoms with van der Waals surface area (Å²) in [6.07, 6.45) is 0. The molecular formula is C21H21FN2O3S2. The number of hydrogen-bond donors (Lipinski definition) is 1. The first kappa shape index (κ1) is 21.0.